The van der Waals surface area contributed by atoms with E-state index in [1.165, 1.54) is 11.6 Å². The zero-order valence-electron chi connectivity index (χ0n) is 21.4. The second kappa shape index (κ2) is 12.9. The fraction of sp³-hybridized carbons (Fsp3) is 0.125. The van der Waals surface area contributed by atoms with Gasteiger partial charge in [0, 0.05) is 33.3 Å². The topological polar surface area (TPSA) is 207 Å². The van der Waals surface area contributed by atoms with Crippen LogP contribution in [-0.4, -0.2) is 66.8 Å². The minimum atomic E-state index is -0.432. The third-order valence-corrected chi connectivity index (χ3v) is 5.85. The van der Waals surface area contributed by atoms with Crippen molar-refractivity contribution in [2.75, 3.05) is 0 Å². The van der Waals surface area contributed by atoms with Gasteiger partial charge < -0.3 is 0 Å². The quantitative estimate of drug-likeness (QED) is 0.207. The van der Waals surface area contributed by atoms with E-state index in [0.717, 1.165) is 16.7 Å². The van der Waals surface area contributed by atoms with Crippen molar-refractivity contribution in [3.63, 3.8) is 0 Å². The average molecular weight is 560 g/mol. The molecule has 0 radical (unpaired) electrons. The number of aromatic amines is 3. The normalized spacial score (nSPS) is 10.2. The Morgan fingerprint density at radius 2 is 1.10 bits per heavy atom. The minimum absolute atomic E-state index is 0.0531. The Bertz CT molecular complexity index is 1650. The van der Waals surface area contributed by atoms with Gasteiger partial charge >= 0.3 is 0 Å². The molecule has 0 atom stereocenters. The summed E-state index contributed by atoms with van der Waals surface area (Å²) in [6.07, 6.45) is 0. The number of nitro benzene ring substituents is 1. The second-order valence-corrected chi connectivity index (χ2v) is 8.70. The first-order valence-corrected chi connectivity index (χ1v) is 12.0. The van der Waals surface area contributed by atoms with Crippen LogP contribution in [0.25, 0.3) is 34.2 Å². The Morgan fingerprint density at radius 1 is 0.650 bits per heavy atom. The van der Waals surface area contributed by atoms with E-state index >= 15 is 0 Å². The fourth-order valence-electron chi connectivity index (χ4n) is 3.23. The van der Waals surface area contributed by atoms with Crippen LogP contribution in [0.5, 0.6) is 0 Å². The SMILES string of the molecule is Cc1ccc(-c2nn[nH]n2)cc1.Cc1ccc(-c2nn[nH]n2)cc1Cl.Cc1ccc(-c2nn[nH]n2)cc1[N+](=O)[O-]. The van der Waals surface area contributed by atoms with Gasteiger partial charge in [-0.15, -0.1) is 30.6 Å². The number of nitro groups is 1. The van der Waals surface area contributed by atoms with E-state index in [1.807, 2.05) is 56.3 Å². The number of halogens is 1. The molecule has 3 aromatic heterocycles. The first-order valence-electron chi connectivity index (χ1n) is 11.6. The lowest BCUT2D eigenvalue weighted by Crippen LogP contribution is -1.92. The predicted octanol–water partition coefficient (Wildman–Crippen LogP) is 4.09. The lowest BCUT2D eigenvalue weighted by atomic mass is 10.1. The molecule has 0 saturated carbocycles. The lowest BCUT2D eigenvalue weighted by molar-refractivity contribution is -0.385. The van der Waals surface area contributed by atoms with E-state index in [4.69, 9.17) is 11.6 Å². The van der Waals surface area contributed by atoms with Crippen LogP contribution in [-0.2, 0) is 0 Å². The van der Waals surface area contributed by atoms with Gasteiger partial charge in [0.25, 0.3) is 5.69 Å². The van der Waals surface area contributed by atoms with Gasteiger partial charge in [-0.05, 0) is 48.0 Å². The number of H-pyrrole nitrogens is 3. The summed E-state index contributed by atoms with van der Waals surface area (Å²) in [5.41, 5.74) is 5.33. The predicted molar refractivity (Wildman–Crippen MR) is 145 cm³/mol. The maximum Gasteiger partial charge on any atom is 0.273 e. The number of benzene rings is 3. The molecule has 6 rings (SSSR count). The molecule has 0 bridgehead atoms. The summed E-state index contributed by atoms with van der Waals surface area (Å²) in [6.45, 7) is 5.67. The molecule has 16 heteroatoms. The number of hydrogen-bond donors (Lipinski definition) is 3. The molecule has 0 saturated heterocycles. The maximum atomic E-state index is 10.7. The molecular weight excluding hydrogens is 538 g/mol. The first-order chi connectivity index (χ1) is 19.3. The van der Waals surface area contributed by atoms with Gasteiger partial charge in [0.1, 0.15) is 0 Å². The molecule has 3 aromatic carbocycles. The summed E-state index contributed by atoms with van der Waals surface area (Å²) in [6, 6.07) is 18.4. The van der Waals surface area contributed by atoms with Crippen molar-refractivity contribution >= 4 is 17.3 Å². The van der Waals surface area contributed by atoms with Crippen LogP contribution in [0.15, 0.2) is 60.7 Å². The van der Waals surface area contributed by atoms with E-state index < -0.39 is 4.92 Å². The van der Waals surface area contributed by atoms with Crippen LogP contribution >= 0.6 is 11.6 Å². The molecule has 15 nitrogen and oxygen atoms in total. The van der Waals surface area contributed by atoms with Crippen molar-refractivity contribution in [2.45, 2.75) is 20.8 Å². The fourth-order valence-corrected chi connectivity index (χ4v) is 3.41. The van der Waals surface area contributed by atoms with Crippen LogP contribution in [0.4, 0.5) is 5.69 Å². The van der Waals surface area contributed by atoms with Gasteiger partial charge in [0.2, 0.25) is 17.5 Å². The van der Waals surface area contributed by atoms with Crippen molar-refractivity contribution in [3.05, 3.63) is 92.5 Å². The van der Waals surface area contributed by atoms with E-state index in [1.54, 1.807) is 19.1 Å². The van der Waals surface area contributed by atoms with E-state index in [-0.39, 0.29) is 5.69 Å². The van der Waals surface area contributed by atoms with Gasteiger partial charge in [-0.3, -0.25) is 10.1 Å². The molecule has 0 amide bonds. The molecule has 0 aliphatic rings. The molecule has 3 heterocycles. The monoisotopic (exact) mass is 559 g/mol. The van der Waals surface area contributed by atoms with Crippen LogP contribution in [0.3, 0.4) is 0 Å². The summed E-state index contributed by atoms with van der Waals surface area (Å²) in [7, 11) is 0. The molecule has 0 unspecified atom stereocenters. The summed E-state index contributed by atoms with van der Waals surface area (Å²) < 4.78 is 0. The van der Waals surface area contributed by atoms with Gasteiger partial charge in [-0.25, -0.2) is 0 Å². The van der Waals surface area contributed by atoms with Gasteiger partial charge in [0.05, 0.1) is 4.92 Å². The van der Waals surface area contributed by atoms with Crippen LogP contribution < -0.4 is 0 Å². The smallest absolute Gasteiger partial charge is 0.258 e. The van der Waals surface area contributed by atoms with Crippen molar-refractivity contribution in [3.8, 4) is 34.2 Å². The molecule has 0 spiro atoms. The molecule has 3 N–H and O–H groups in total. The highest BCUT2D eigenvalue weighted by molar-refractivity contribution is 6.31. The maximum absolute atomic E-state index is 10.7. The first kappa shape index (κ1) is 27.6. The number of nitrogens with zero attached hydrogens (tertiary/aromatic N) is 10. The summed E-state index contributed by atoms with van der Waals surface area (Å²) in [5, 5.41) is 51.8. The Balaban J connectivity index is 0.000000140. The van der Waals surface area contributed by atoms with Crippen LogP contribution in [0.2, 0.25) is 5.02 Å². The van der Waals surface area contributed by atoms with E-state index in [0.29, 0.717) is 33.6 Å². The number of nitrogens with one attached hydrogen (secondary N) is 3. The van der Waals surface area contributed by atoms with Crippen LogP contribution in [0, 0.1) is 30.9 Å². The third kappa shape index (κ3) is 7.11. The van der Waals surface area contributed by atoms with Crippen molar-refractivity contribution < 1.29 is 4.92 Å². The molecule has 0 aliphatic carbocycles. The van der Waals surface area contributed by atoms with Crippen molar-refractivity contribution in [2.24, 2.45) is 0 Å². The van der Waals surface area contributed by atoms with Gasteiger partial charge in [-0.1, -0.05) is 65.7 Å². The average Bonchev–Trinajstić information content (AvgIpc) is 3.76. The molecule has 0 fully saturated rings. The van der Waals surface area contributed by atoms with E-state index in [2.05, 4.69) is 61.9 Å². The lowest BCUT2D eigenvalue weighted by Gasteiger charge is -1.98. The summed E-state index contributed by atoms with van der Waals surface area (Å²) in [4.78, 5) is 10.3. The highest BCUT2D eigenvalue weighted by atomic mass is 35.5. The van der Waals surface area contributed by atoms with Gasteiger partial charge in [-0.2, -0.15) is 15.6 Å². The largest absolute Gasteiger partial charge is 0.273 e. The van der Waals surface area contributed by atoms with Gasteiger partial charge in [0.15, 0.2) is 0 Å². The van der Waals surface area contributed by atoms with Crippen molar-refractivity contribution in [1.29, 1.82) is 0 Å². The van der Waals surface area contributed by atoms with Crippen molar-refractivity contribution in [1.82, 2.24) is 61.9 Å². The standard InChI is InChI=1S/C8H7ClN4.C8H7N5O2.C8H8N4/c1-5-2-3-6(4-7(5)9)8-10-12-13-11-8;1-5-2-3-6(4-7(5)13(14)15)8-9-11-12-10-8;1-6-2-4-7(5-3-6)8-9-11-12-10-8/h2-4H,1H3,(H,10,11,12,13);2-4H,1H3,(H,9,10,11,12);2-5H,1H3,(H,9,10,11,12). The molecule has 6 aromatic rings. The Labute approximate surface area is 231 Å². The second-order valence-electron chi connectivity index (χ2n) is 8.29. The highest BCUT2D eigenvalue weighted by Gasteiger charge is 2.13. The number of aryl methyl sites for hydroxylation is 3. The zero-order chi connectivity index (χ0) is 28.5. The zero-order valence-corrected chi connectivity index (χ0v) is 22.2. The summed E-state index contributed by atoms with van der Waals surface area (Å²) >= 11 is 5.94. The number of tetrazole rings is 3. The minimum Gasteiger partial charge on any atom is -0.258 e. The Hall–Kier alpha value is -5.44. The molecule has 0 aliphatic heterocycles. The molecule has 202 valence electrons. The Morgan fingerprint density at radius 3 is 1.55 bits per heavy atom. The molecule has 40 heavy (non-hydrogen) atoms. The van der Waals surface area contributed by atoms with E-state index in [9.17, 15) is 10.1 Å². The summed E-state index contributed by atoms with van der Waals surface area (Å²) in [5.74, 6) is 1.54. The number of aromatic nitrogens is 12. The third-order valence-electron chi connectivity index (χ3n) is 5.44. The number of hydrogen-bond acceptors (Lipinski definition) is 11. The number of rotatable bonds is 4. The molecular formula is C24H22ClN13O2. The highest BCUT2D eigenvalue weighted by Crippen LogP contribution is 2.24. The Kier molecular flexibility index (Phi) is 8.88. The van der Waals surface area contributed by atoms with Crippen LogP contribution in [0.1, 0.15) is 16.7 Å².